The van der Waals surface area contributed by atoms with Gasteiger partial charge in [-0.25, -0.2) is 0 Å². The summed E-state index contributed by atoms with van der Waals surface area (Å²) < 4.78 is 16.7. The van der Waals surface area contributed by atoms with Crippen molar-refractivity contribution in [2.24, 2.45) is 11.8 Å². The van der Waals surface area contributed by atoms with Crippen molar-refractivity contribution in [2.75, 3.05) is 0 Å². The molecule has 0 aromatic carbocycles. The minimum Gasteiger partial charge on any atom is -0.460 e. The van der Waals surface area contributed by atoms with E-state index in [0.717, 1.165) is 19.3 Å². The summed E-state index contributed by atoms with van der Waals surface area (Å²) >= 11 is 0. The van der Waals surface area contributed by atoms with Gasteiger partial charge in [-0.3, -0.25) is 4.79 Å². The van der Waals surface area contributed by atoms with Crippen LogP contribution in [-0.4, -0.2) is 52.5 Å². The van der Waals surface area contributed by atoms with Gasteiger partial charge in [0.1, 0.15) is 11.7 Å². The fourth-order valence-corrected chi connectivity index (χ4v) is 3.04. The van der Waals surface area contributed by atoms with Crippen molar-refractivity contribution in [2.45, 2.75) is 96.6 Å². The number of aliphatic hydroxyl groups excluding tert-OH is 2. The van der Waals surface area contributed by atoms with E-state index in [9.17, 15) is 15.0 Å². The number of hydrogen-bond acceptors (Lipinski definition) is 6. The molecule has 0 bridgehead atoms. The normalized spacial score (nSPS) is 37.8. The Hall–Kier alpha value is -0.690. The summed E-state index contributed by atoms with van der Waals surface area (Å²) in [6, 6.07) is 0. The van der Waals surface area contributed by atoms with E-state index in [-0.39, 0.29) is 30.5 Å². The molecule has 0 spiro atoms. The maximum Gasteiger partial charge on any atom is 0.309 e. The fraction of sp³-hybridized carbons (Fsp3) is 0.944. The van der Waals surface area contributed by atoms with Gasteiger partial charge in [-0.1, -0.05) is 0 Å². The minimum absolute atomic E-state index is 0.0168. The molecule has 0 aromatic rings. The lowest BCUT2D eigenvalue weighted by Crippen LogP contribution is -2.48. The lowest BCUT2D eigenvalue weighted by molar-refractivity contribution is -0.273. The van der Waals surface area contributed by atoms with Gasteiger partial charge in [0.25, 0.3) is 0 Å². The van der Waals surface area contributed by atoms with Gasteiger partial charge in [-0.2, -0.15) is 0 Å². The Morgan fingerprint density at radius 1 is 1.25 bits per heavy atom. The third-order valence-electron chi connectivity index (χ3n) is 4.63. The number of rotatable bonds is 6. The van der Waals surface area contributed by atoms with Gasteiger partial charge in [0.05, 0.1) is 24.2 Å². The number of esters is 1. The van der Waals surface area contributed by atoms with E-state index in [1.165, 1.54) is 0 Å². The number of carbonyl (C=O) groups excluding carboxylic acids is 1. The van der Waals surface area contributed by atoms with Crippen molar-refractivity contribution in [3.05, 3.63) is 0 Å². The fourth-order valence-electron chi connectivity index (χ4n) is 3.04. The topological polar surface area (TPSA) is 85.2 Å². The van der Waals surface area contributed by atoms with E-state index in [1.807, 2.05) is 27.7 Å². The molecule has 0 aromatic heterocycles. The lowest BCUT2D eigenvalue weighted by Gasteiger charge is -2.36. The molecule has 2 aliphatic rings. The van der Waals surface area contributed by atoms with Crippen LogP contribution in [-0.2, 0) is 19.0 Å². The molecule has 24 heavy (non-hydrogen) atoms. The monoisotopic (exact) mass is 344 g/mol. The number of hydrogen-bond donors (Lipinski definition) is 2. The van der Waals surface area contributed by atoms with Crippen LogP contribution in [0, 0.1) is 11.8 Å². The van der Waals surface area contributed by atoms with Crippen LogP contribution in [0.25, 0.3) is 0 Å². The van der Waals surface area contributed by atoms with Crippen LogP contribution in [0.5, 0.6) is 0 Å². The summed E-state index contributed by atoms with van der Waals surface area (Å²) in [5.41, 5.74) is -0.434. The molecule has 1 unspecified atom stereocenters. The van der Waals surface area contributed by atoms with Crippen LogP contribution in [0.4, 0.5) is 0 Å². The Morgan fingerprint density at radius 2 is 1.92 bits per heavy atom. The zero-order chi connectivity index (χ0) is 18.1. The zero-order valence-electron chi connectivity index (χ0n) is 15.4. The first-order valence-corrected chi connectivity index (χ1v) is 8.96. The smallest absolute Gasteiger partial charge is 0.309 e. The average molecular weight is 344 g/mol. The summed E-state index contributed by atoms with van der Waals surface area (Å²) in [7, 11) is 0. The van der Waals surface area contributed by atoms with Crippen molar-refractivity contribution >= 4 is 5.97 Å². The molecule has 7 atom stereocenters. The Morgan fingerprint density at radius 3 is 2.54 bits per heavy atom. The summed E-state index contributed by atoms with van der Waals surface area (Å²) in [6.07, 6.45) is 0.261. The molecule has 1 saturated carbocycles. The van der Waals surface area contributed by atoms with Gasteiger partial charge in [-0.15, -0.1) is 0 Å². The van der Waals surface area contributed by atoms with Crippen molar-refractivity contribution in [3.63, 3.8) is 0 Å². The molecule has 6 nitrogen and oxygen atoms in total. The van der Waals surface area contributed by atoms with Crippen LogP contribution in [0.1, 0.15) is 60.3 Å². The standard InChI is InChI=1S/C18H32O6/c1-10(22-17-15(20)9-14(19)11(2)23-17)6-7-12-8-13(12)16(21)24-18(3,4)5/h10-15,17,19-20H,6-9H2,1-5H3/t10-,11+,12+,13-,14?,15-,17-/m1/s1. The zero-order valence-corrected chi connectivity index (χ0v) is 15.4. The highest BCUT2D eigenvalue weighted by atomic mass is 16.7. The lowest BCUT2D eigenvalue weighted by atomic mass is 10.0. The van der Waals surface area contributed by atoms with Crippen LogP contribution in [0.15, 0.2) is 0 Å². The predicted octanol–water partition coefficient (Wildman–Crippen LogP) is 2.01. The predicted molar refractivity (Wildman–Crippen MR) is 88.2 cm³/mol. The van der Waals surface area contributed by atoms with Gasteiger partial charge >= 0.3 is 5.97 Å². The summed E-state index contributed by atoms with van der Waals surface area (Å²) in [6.45, 7) is 9.35. The summed E-state index contributed by atoms with van der Waals surface area (Å²) in [5, 5.41) is 19.6. The molecule has 140 valence electrons. The molecule has 0 radical (unpaired) electrons. The molecular weight excluding hydrogens is 312 g/mol. The maximum atomic E-state index is 12.0. The minimum atomic E-state index is -0.811. The molecular formula is C18H32O6. The van der Waals surface area contributed by atoms with Crippen LogP contribution in [0.3, 0.4) is 0 Å². The maximum absolute atomic E-state index is 12.0. The largest absolute Gasteiger partial charge is 0.460 e. The summed E-state index contributed by atoms with van der Waals surface area (Å²) in [5.74, 6) is 0.280. The van der Waals surface area contributed by atoms with Crippen molar-refractivity contribution in [3.8, 4) is 0 Å². The molecule has 1 saturated heterocycles. The molecule has 6 heteroatoms. The number of carbonyl (C=O) groups is 1. The van der Waals surface area contributed by atoms with Crippen molar-refractivity contribution in [1.82, 2.24) is 0 Å². The first-order valence-electron chi connectivity index (χ1n) is 8.96. The highest BCUT2D eigenvalue weighted by Gasteiger charge is 2.45. The molecule has 1 aliphatic carbocycles. The SMILES string of the molecule is C[C@H](CC[C@H]1C[C@H]1C(=O)OC(C)(C)C)O[C@@H]1O[C@@H](C)C(O)C[C@H]1O. The van der Waals surface area contributed by atoms with Gasteiger partial charge < -0.3 is 24.4 Å². The summed E-state index contributed by atoms with van der Waals surface area (Å²) in [4.78, 5) is 12.0. The number of aliphatic hydroxyl groups is 2. The van der Waals surface area contributed by atoms with Gasteiger partial charge in [0.15, 0.2) is 6.29 Å². The van der Waals surface area contributed by atoms with Crippen LogP contribution < -0.4 is 0 Å². The number of ether oxygens (including phenoxy) is 3. The third-order valence-corrected chi connectivity index (χ3v) is 4.63. The highest BCUT2D eigenvalue weighted by molar-refractivity contribution is 5.76. The second kappa shape index (κ2) is 7.68. The van der Waals surface area contributed by atoms with E-state index in [1.54, 1.807) is 6.92 Å². The van der Waals surface area contributed by atoms with Crippen molar-refractivity contribution in [1.29, 1.82) is 0 Å². The Kier molecular flexibility index (Phi) is 6.29. The van der Waals surface area contributed by atoms with Gasteiger partial charge in [0.2, 0.25) is 0 Å². The van der Waals surface area contributed by atoms with E-state index in [0.29, 0.717) is 5.92 Å². The molecule has 2 rings (SSSR count). The van der Waals surface area contributed by atoms with E-state index < -0.39 is 24.1 Å². The molecule has 1 aliphatic heterocycles. The van der Waals surface area contributed by atoms with E-state index >= 15 is 0 Å². The Bertz CT molecular complexity index is 432. The highest BCUT2D eigenvalue weighted by Crippen LogP contribution is 2.44. The van der Waals surface area contributed by atoms with Crippen LogP contribution in [0.2, 0.25) is 0 Å². The van der Waals surface area contributed by atoms with E-state index in [2.05, 4.69) is 0 Å². The van der Waals surface area contributed by atoms with Gasteiger partial charge in [-0.05, 0) is 59.8 Å². The Labute approximate surface area is 144 Å². The first kappa shape index (κ1) is 19.6. The molecule has 1 heterocycles. The van der Waals surface area contributed by atoms with Gasteiger partial charge in [0, 0.05) is 6.42 Å². The molecule has 0 amide bonds. The second-order valence-corrected chi connectivity index (χ2v) is 8.24. The molecule has 2 fully saturated rings. The van der Waals surface area contributed by atoms with Crippen molar-refractivity contribution < 1.29 is 29.2 Å². The molecule has 2 N–H and O–H groups in total. The first-order chi connectivity index (χ1) is 11.1. The Balaban J connectivity index is 1.67. The third kappa shape index (κ3) is 5.69. The van der Waals surface area contributed by atoms with E-state index in [4.69, 9.17) is 14.2 Å². The quantitative estimate of drug-likeness (QED) is 0.717. The average Bonchev–Trinajstić information content (AvgIpc) is 3.20. The second-order valence-electron chi connectivity index (χ2n) is 8.24. The van der Waals surface area contributed by atoms with Crippen LogP contribution >= 0.6 is 0 Å².